The van der Waals surface area contributed by atoms with E-state index in [1.54, 1.807) is 24.3 Å². The topological polar surface area (TPSA) is 36.8 Å². The first-order chi connectivity index (χ1) is 13.5. The quantitative estimate of drug-likeness (QED) is 0.695. The summed E-state index contributed by atoms with van der Waals surface area (Å²) in [7, 11) is 0. The summed E-state index contributed by atoms with van der Waals surface area (Å²) >= 11 is 0.517. The van der Waals surface area contributed by atoms with Crippen molar-refractivity contribution in [3.63, 3.8) is 0 Å². The molecule has 0 saturated carbocycles. The molecule has 3 rings (SSSR count). The summed E-state index contributed by atoms with van der Waals surface area (Å²) in [5.41, 5.74) is 2.08. The highest BCUT2D eigenvalue weighted by atomic mass is 32.2. The third-order valence-electron chi connectivity index (χ3n) is 4.91. The van der Waals surface area contributed by atoms with Gasteiger partial charge in [-0.15, -0.1) is 0 Å². The third kappa shape index (κ3) is 5.94. The third-order valence-corrected chi connectivity index (χ3v) is 5.63. The van der Waals surface area contributed by atoms with Crippen molar-refractivity contribution in [2.75, 3.05) is 31.5 Å². The molecule has 1 fully saturated rings. The molecule has 1 saturated heterocycles. The molecule has 1 heterocycles. The van der Waals surface area contributed by atoms with E-state index in [2.05, 4.69) is 29.6 Å². The summed E-state index contributed by atoms with van der Waals surface area (Å²) in [4.78, 5) is 16.6. The minimum atomic E-state index is -2.43. The molecule has 0 spiro atoms. The van der Waals surface area contributed by atoms with Crippen molar-refractivity contribution in [3.05, 3.63) is 60.2 Å². The maximum absolute atomic E-state index is 12.7. The second kappa shape index (κ2) is 9.89. The van der Waals surface area contributed by atoms with E-state index in [9.17, 15) is 13.6 Å². The van der Waals surface area contributed by atoms with Gasteiger partial charge in [0.05, 0.1) is 26.2 Å². The standard InChI is InChI=1S/C21H25F2N3OS/c1-16(24-18-7-9-19(10-8-18)28-21(22)23)20(27)26-13-11-25(12-14-26)15-17-5-3-2-4-6-17/h2-10,16,21,24H,11-15H2,1H3/p+1/t16-/m1/s1. The number of carbonyl (C=O) groups excluding carboxylic acids is 1. The van der Waals surface area contributed by atoms with Gasteiger partial charge in [-0.25, -0.2) is 0 Å². The molecule has 1 aliphatic heterocycles. The van der Waals surface area contributed by atoms with Crippen LogP contribution in [0.15, 0.2) is 59.5 Å². The number of quaternary nitrogens is 1. The van der Waals surface area contributed by atoms with E-state index in [4.69, 9.17) is 0 Å². The molecule has 2 N–H and O–H groups in total. The lowest BCUT2D eigenvalue weighted by atomic mass is 10.2. The van der Waals surface area contributed by atoms with Gasteiger partial charge in [0, 0.05) is 16.1 Å². The fourth-order valence-corrected chi connectivity index (χ4v) is 3.92. The minimum absolute atomic E-state index is 0.0739. The van der Waals surface area contributed by atoms with Crippen LogP contribution in [0.4, 0.5) is 14.5 Å². The van der Waals surface area contributed by atoms with Crippen LogP contribution in [-0.2, 0) is 11.3 Å². The largest absolute Gasteiger partial charge is 0.374 e. The zero-order chi connectivity index (χ0) is 19.9. The van der Waals surface area contributed by atoms with Crippen LogP contribution < -0.4 is 10.2 Å². The number of hydrogen-bond donors (Lipinski definition) is 2. The highest BCUT2D eigenvalue weighted by Crippen LogP contribution is 2.26. The van der Waals surface area contributed by atoms with Crippen molar-refractivity contribution >= 4 is 23.4 Å². The van der Waals surface area contributed by atoms with Gasteiger partial charge >= 0.3 is 0 Å². The van der Waals surface area contributed by atoms with Gasteiger partial charge in [-0.05, 0) is 31.2 Å². The maximum Gasteiger partial charge on any atom is 0.288 e. The smallest absolute Gasteiger partial charge is 0.288 e. The molecule has 0 aromatic heterocycles. The molecule has 0 unspecified atom stereocenters. The van der Waals surface area contributed by atoms with Crippen LogP contribution in [0, 0.1) is 0 Å². The van der Waals surface area contributed by atoms with E-state index >= 15 is 0 Å². The highest BCUT2D eigenvalue weighted by molar-refractivity contribution is 7.99. The van der Waals surface area contributed by atoms with E-state index in [0.29, 0.717) is 16.7 Å². The summed E-state index contributed by atoms with van der Waals surface area (Å²) in [6.45, 7) is 6.20. The van der Waals surface area contributed by atoms with Gasteiger partial charge in [-0.2, -0.15) is 8.78 Å². The van der Waals surface area contributed by atoms with Crippen molar-refractivity contribution in [1.29, 1.82) is 0 Å². The zero-order valence-electron chi connectivity index (χ0n) is 15.9. The molecular formula is C21H26F2N3OS+. The van der Waals surface area contributed by atoms with Crippen LogP contribution in [0.3, 0.4) is 0 Å². The van der Waals surface area contributed by atoms with Crippen molar-refractivity contribution in [2.24, 2.45) is 0 Å². The second-order valence-electron chi connectivity index (χ2n) is 7.01. The monoisotopic (exact) mass is 406 g/mol. The molecule has 0 radical (unpaired) electrons. The van der Waals surface area contributed by atoms with Gasteiger partial charge in [0.25, 0.3) is 5.76 Å². The van der Waals surface area contributed by atoms with Crippen molar-refractivity contribution < 1.29 is 18.5 Å². The fourth-order valence-electron chi connectivity index (χ4n) is 3.42. The first kappa shape index (κ1) is 20.6. The minimum Gasteiger partial charge on any atom is -0.374 e. The number of nitrogens with one attached hydrogen (secondary N) is 2. The van der Waals surface area contributed by atoms with Crippen LogP contribution >= 0.6 is 11.8 Å². The number of carbonyl (C=O) groups is 1. The lowest BCUT2D eigenvalue weighted by molar-refractivity contribution is -0.917. The molecular weight excluding hydrogens is 380 g/mol. The van der Waals surface area contributed by atoms with Gasteiger partial charge in [-0.3, -0.25) is 4.79 Å². The average Bonchev–Trinajstić information content (AvgIpc) is 2.70. The van der Waals surface area contributed by atoms with Gasteiger partial charge in [0.15, 0.2) is 0 Å². The Kier molecular flexibility index (Phi) is 7.28. The van der Waals surface area contributed by atoms with Crippen LogP contribution in [0.25, 0.3) is 0 Å². The molecule has 1 atom stereocenters. The molecule has 1 amide bonds. The maximum atomic E-state index is 12.7. The van der Waals surface area contributed by atoms with E-state index in [1.165, 1.54) is 10.5 Å². The summed E-state index contributed by atoms with van der Waals surface area (Å²) in [5, 5.41) is 3.18. The SMILES string of the molecule is C[C@@H](Nc1ccc(SC(F)F)cc1)C(=O)N1CC[NH+](Cc2ccccc2)CC1. The zero-order valence-corrected chi connectivity index (χ0v) is 16.7. The van der Waals surface area contributed by atoms with Gasteiger partial charge < -0.3 is 15.1 Å². The molecule has 1 aliphatic rings. The Labute approximate surface area is 168 Å². The van der Waals surface area contributed by atoms with E-state index in [-0.39, 0.29) is 11.9 Å². The Balaban J connectivity index is 1.46. The first-order valence-corrected chi connectivity index (χ1v) is 10.4. The summed E-state index contributed by atoms with van der Waals surface area (Å²) in [5.74, 6) is -2.35. The lowest BCUT2D eigenvalue weighted by Crippen LogP contribution is -3.13. The number of halogens is 2. The number of anilines is 1. The van der Waals surface area contributed by atoms with Crippen LogP contribution in [0.1, 0.15) is 12.5 Å². The Bertz CT molecular complexity index is 750. The second-order valence-corrected chi connectivity index (χ2v) is 8.07. The van der Waals surface area contributed by atoms with Crippen molar-refractivity contribution in [1.82, 2.24) is 4.90 Å². The Hall–Kier alpha value is -2.12. The molecule has 2 aromatic rings. The molecule has 0 aliphatic carbocycles. The normalized spacial score (nSPS) is 16.2. The molecule has 2 aromatic carbocycles. The Morgan fingerprint density at radius 3 is 2.36 bits per heavy atom. The van der Waals surface area contributed by atoms with E-state index < -0.39 is 5.76 Å². The van der Waals surface area contributed by atoms with E-state index in [1.807, 2.05) is 17.9 Å². The molecule has 150 valence electrons. The molecule has 4 nitrogen and oxygen atoms in total. The van der Waals surface area contributed by atoms with E-state index in [0.717, 1.165) is 38.4 Å². The predicted molar refractivity (Wildman–Crippen MR) is 109 cm³/mol. The Morgan fingerprint density at radius 2 is 1.75 bits per heavy atom. The number of rotatable bonds is 7. The van der Waals surface area contributed by atoms with Crippen molar-refractivity contribution in [3.8, 4) is 0 Å². The van der Waals surface area contributed by atoms with Gasteiger partial charge in [-0.1, -0.05) is 42.1 Å². The number of benzene rings is 2. The lowest BCUT2D eigenvalue weighted by Gasteiger charge is -2.34. The number of hydrogen-bond acceptors (Lipinski definition) is 3. The Morgan fingerprint density at radius 1 is 1.11 bits per heavy atom. The molecule has 28 heavy (non-hydrogen) atoms. The number of alkyl halides is 2. The van der Waals surface area contributed by atoms with Crippen molar-refractivity contribution in [2.45, 2.75) is 30.2 Å². The summed E-state index contributed by atoms with van der Waals surface area (Å²) in [6.07, 6.45) is 0. The highest BCUT2D eigenvalue weighted by Gasteiger charge is 2.26. The first-order valence-electron chi connectivity index (χ1n) is 9.49. The van der Waals surface area contributed by atoms with Gasteiger partial charge in [0.2, 0.25) is 5.91 Å². The van der Waals surface area contributed by atoms with Crippen LogP contribution in [-0.4, -0.2) is 48.8 Å². The summed E-state index contributed by atoms with van der Waals surface area (Å²) < 4.78 is 24.8. The predicted octanol–water partition coefficient (Wildman–Crippen LogP) is 2.73. The number of amides is 1. The summed E-state index contributed by atoms with van der Waals surface area (Å²) in [6, 6.07) is 16.8. The number of nitrogens with zero attached hydrogens (tertiary/aromatic N) is 1. The molecule has 7 heteroatoms. The van der Waals surface area contributed by atoms with Gasteiger partial charge in [0.1, 0.15) is 12.6 Å². The van der Waals surface area contributed by atoms with Crippen LogP contribution in [0.2, 0.25) is 0 Å². The van der Waals surface area contributed by atoms with Crippen LogP contribution in [0.5, 0.6) is 0 Å². The number of thioether (sulfide) groups is 1. The molecule has 0 bridgehead atoms. The fraction of sp³-hybridized carbons (Fsp3) is 0.381. The number of piperazine rings is 1. The average molecular weight is 407 g/mol.